The maximum atomic E-state index is 14.6. The Morgan fingerprint density at radius 2 is 1.59 bits per heavy atom. The molecule has 0 spiro atoms. The van der Waals surface area contributed by atoms with E-state index in [4.69, 9.17) is 0 Å². The van der Waals surface area contributed by atoms with Crippen LogP contribution in [0.2, 0.25) is 0 Å². The summed E-state index contributed by atoms with van der Waals surface area (Å²) in [5.41, 5.74) is 2.98. The summed E-state index contributed by atoms with van der Waals surface area (Å²) in [4.78, 5) is 15.1. The highest BCUT2D eigenvalue weighted by molar-refractivity contribution is 6.07. The number of nitrogens with zero attached hydrogens (tertiary/aromatic N) is 2. The minimum atomic E-state index is -0.467. The van der Waals surface area contributed by atoms with Crippen LogP contribution in [0, 0.1) is 25.5 Å². The number of nitrogens with one attached hydrogen (secondary N) is 1. The highest BCUT2D eigenvalue weighted by atomic mass is 19.1. The van der Waals surface area contributed by atoms with E-state index < -0.39 is 11.7 Å². The zero-order valence-electron chi connectivity index (χ0n) is 16.5. The van der Waals surface area contributed by atoms with Crippen molar-refractivity contribution in [3.8, 4) is 5.69 Å². The van der Waals surface area contributed by atoms with Crippen molar-refractivity contribution in [3.05, 3.63) is 77.1 Å². The van der Waals surface area contributed by atoms with Crippen LogP contribution in [0.25, 0.3) is 5.69 Å². The predicted molar refractivity (Wildman–Crippen MR) is 111 cm³/mol. The quantitative estimate of drug-likeness (QED) is 0.657. The highest BCUT2D eigenvalue weighted by Gasteiger charge is 2.23. The van der Waals surface area contributed by atoms with Crippen LogP contribution in [0.4, 0.5) is 20.2 Å². The smallest absolute Gasteiger partial charge is 0.257 e. The van der Waals surface area contributed by atoms with E-state index in [0.717, 1.165) is 31.6 Å². The first-order valence-corrected chi connectivity index (χ1v) is 9.76. The van der Waals surface area contributed by atoms with Crippen molar-refractivity contribution in [3.63, 3.8) is 0 Å². The topological polar surface area (TPSA) is 37.3 Å². The number of amides is 1. The number of aromatic nitrogens is 1. The molecule has 4 rings (SSSR count). The van der Waals surface area contributed by atoms with Gasteiger partial charge in [-0.25, -0.2) is 8.78 Å². The Labute approximate surface area is 168 Å². The lowest BCUT2D eigenvalue weighted by atomic mass is 10.2. The minimum Gasteiger partial charge on any atom is -0.370 e. The standard InChI is InChI=1S/C23H23F2N3O/c1-15-14-17(16(2)28(15)20-10-4-3-8-18(20)24)23(29)26-22-19(25)9-7-11-21(22)27-12-5-6-13-27/h3-4,7-11,14H,5-6,12-13H2,1-2H3,(H,26,29). The van der Waals surface area contributed by atoms with Crippen molar-refractivity contribution < 1.29 is 13.6 Å². The summed E-state index contributed by atoms with van der Waals surface area (Å²) in [6.07, 6.45) is 2.10. The molecule has 6 heteroatoms. The van der Waals surface area contributed by atoms with E-state index in [2.05, 4.69) is 10.2 Å². The Hall–Kier alpha value is -3.15. The molecule has 1 N–H and O–H groups in total. The first kappa shape index (κ1) is 19.2. The molecule has 0 bridgehead atoms. The van der Waals surface area contributed by atoms with Crippen molar-refractivity contribution in [2.24, 2.45) is 0 Å². The van der Waals surface area contributed by atoms with E-state index in [1.54, 1.807) is 41.8 Å². The number of aryl methyl sites for hydroxylation is 1. The molecule has 29 heavy (non-hydrogen) atoms. The van der Waals surface area contributed by atoms with Crippen molar-refractivity contribution in [1.82, 2.24) is 4.57 Å². The Bertz CT molecular complexity index is 1070. The fraction of sp³-hybridized carbons (Fsp3) is 0.261. The van der Waals surface area contributed by atoms with Gasteiger partial charge in [0.25, 0.3) is 5.91 Å². The van der Waals surface area contributed by atoms with Crippen molar-refractivity contribution in [2.75, 3.05) is 23.3 Å². The average molecular weight is 395 g/mol. The molecule has 0 atom stereocenters. The van der Waals surface area contributed by atoms with Gasteiger partial charge >= 0.3 is 0 Å². The van der Waals surface area contributed by atoms with E-state index >= 15 is 0 Å². The molecular formula is C23H23F2N3O. The monoisotopic (exact) mass is 395 g/mol. The number of benzene rings is 2. The van der Waals surface area contributed by atoms with Gasteiger partial charge in [0.15, 0.2) is 0 Å². The molecule has 1 aliphatic rings. The molecule has 0 saturated carbocycles. The highest BCUT2D eigenvalue weighted by Crippen LogP contribution is 2.32. The SMILES string of the molecule is Cc1cc(C(=O)Nc2c(F)cccc2N2CCCC2)c(C)n1-c1ccccc1F. The molecule has 2 aromatic carbocycles. The second kappa shape index (κ2) is 7.70. The van der Waals surface area contributed by atoms with Gasteiger partial charge in [0, 0.05) is 24.5 Å². The number of carbonyl (C=O) groups is 1. The van der Waals surface area contributed by atoms with Crippen LogP contribution in [0.1, 0.15) is 34.6 Å². The molecule has 1 aromatic heterocycles. The summed E-state index contributed by atoms with van der Waals surface area (Å²) in [5, 5.41) is 2.76. The van der Waals surface area contributed by atoms with Gasteiger partial charge in [-0.05, 0) is 57.0 Å². The summed E-state index contributed by atoms with van der Waals surface area (Å²) >= 11 is 0. The van der Waals surface area contributed by atoms with Gasteiger partial charge in [-0.2, -0.15) is 0 Å². The van der Waals surface area contributed by atoms with E-state index in [0.29, 0.717) is 22.6 Å². The van der Waals surface area contributed by atoms with Gasteiger partial charge in [0.05, 0.1) is 16.9 Å². The summed E-state index contributed by atoms with van der Waals surface area (Å²) in [6, 6.07) is 13.0. The molecular weight excluding hydrogens is 372 g/mol. The largest absolute Gasteiger partial charge is 0.370 e. The number of hydrogen-bond donors (Lipinski definition) is 1. The summed E-state index contributed by atoms with van der Waals surface area (Å²) in [5.74, 6) is -1.25. The Balaban J connectivity index is 1.69. The molecule has 0 aliphatic carbocycles. The van der Waals surface area contributed by atoms with Crippen molar-refractivity contribution >= 4 is 17.3 Å². The lowest BCUT2D eigenvalue weighted by Gasteiger charge is -2.22. The molecule has 0 radical (unpaired) electrons. The molecule has 1 amide bonds. The first-order valence-electron chi connectivity index (χ1n) is 9.76. The summed E-state index contributed by atoms with van der Waals surface area (Å²) in [6.45, 7) is 5.26. The molecule has 1 fully saturated rings. The molecule has 0 unspecified atom stereocenters. The third-order valence-electron chi connectivity index (χ3n) is 5.45. The Morgan fingerprint density at radius 3 is 2.31 bits per heavy atom. The number of para-hydroxylation sites is 2. The molecule has 1 saturated heterocycles. The number of carbonyl (C=O) groups excluding carboxylic acids is 1. The number of rotatable bonds is 4. The van der Waals surface area contributed by atoms with Crippen LogP contribution in [0.3, 0.4) is 0 Å². The van der Waals surface area contributed by atoms with E-state index in [9.17, 15) is 13.6 Å². The van der Waals surface area contributed by atoms with E-state index in [-0.39, 0.29) is 11.5 Å². The lowest BCUT2D eigenvalue weighted by Crippen LogP contribution is -2.22. The van der Waals surface area contributed by atoms with Gasteiger partial charge < -0.3 is 14.8 Å². The minimum absolute atomic E-state index is 0.190. The van der Waals surface area contributed by atoms with Gasteiger partial charge in [0.2, 0.25) is 0 Å². The van der Waals surface area contributed by atoms with Crippen LogP contribution >= 0.6 is 0 Å². The first-order chi connectivity index (χ1) is 14.0. The number of hydrogen-bond acceptors (Lipinski definition) is 2. The lowest BCUT2D eigenvalue weighted by molar-refractivity contribution is 0.102. The number of anilines is 2. The van der Waals surface area contributed by atoms with Crippen LogP contribution in [0.15, 0.2) is 48.5 Å². The van der Waals surface area contributed by atoms with E-state index in [1.165, 1.54) is 12.1 Å². The molecule has 150 valence electrons. The van der Waals surface area contributed by atoms with Gasteiger partial charge in [-0.15, -0.1) is 0 Å². The molecule has 4 nitrogen and oxygen atoms in total. The zero-order chi connectivity index (χ0) is 20.5. The fourth-order valence-corrected chi connectivity index (χ4v) is 4.04. The van der Waals surface area contributed by atoms with Crippen molar-refractivity contribution in [2.45, 2.75) is 26.7 Å². The maximum absolute atomic E-state index is 14.6. The summed E-state index contributed by atoms with van der Waals surface area (Å²) < 4.78 is 30.6. The van der Waals surface area contributed by atoms with Crippen LogP contribution in [0.5, 0.6) is 0 Å². The van der Waals surface area contributed by atoms with Crippen LogP contribution < -0.4 is 10.2 Å². The predicted octanol–water partition coefficient (Wildman–Crippen LogP) is 5.22. The third kappa shape index (κ3) is 3.50. The van der Waals surface area contributed by atoms with Gasteiger partial charge in [0.1, 0.15) is 17.3 Å². The molecule has 2 heterocycles. The van der Waals surface area contributed by atoms with Gasteiger partial charge in [-0.1, -0.05) is 18.2 Å². The summed E-state index contributed by atoms with van der Waals surface area (Å²) in [7, 11) is 0. The average Bonchev–Trinajstić information content (AvgIpc) is 3.32. The second-order valence-corrected chi connectivity index (χ2v) is 7.35. The Morgan fingerprint density at radius 1 is 0.931 bits per heavy atom. The second-order valence-electron chi connectivity index (χ2n) is 7.35. The fourth-order valence-electron chi connectivity index (χ4n) is 4.04. The third-order valence-corrected chi connectivity index (χ3v) is 5.45. The zero-order valence-corrected chi connectivity index (χ0v) is 16.5. The van der Waals surface area contributed by atoms with Crippen LogP contribution in [-0.4, -0.2) is 23.6 Å². The molecule has 1 aliphatic heterocycles. The molecule has 3 aromatic rings. The maximum Gasteiger partial charge on any atom is 0.257 e. The number of halogens is 2. The Kier molecular flexibility index (Phi) is 5.09. The van der Waals surface area contributed by atoms with E-state index in [1.807, 2.05) is 13.0 Å². The van der Waals surface area contributed by atoms with Gasteiger partial charge in [-0.3, -0.25) is 4.79 Å². The normalized spacial score (nSPS) is 13.7. The van der Waals surface area contributed by atoms with Crippen molar-refractivity contribution in [1.29, 1.82) is 0 Å². The van der Waals surface area contributed by atoms with Crippen LogP contribution in [-0.2, 0) is 0 Å².